The normalized spacial score (nSPS) is 16.5. The van der Waals surface area contributed by atoms with Gasteiger partial charge in [-0.2, -0.15) is 14.7 Å². The van der Waals surface area contributed by atoms with Crippen LogP contribution in [-0.2, 0) is 9.59 Å². The fourth-order valence-electron chi connectivity index (χ4n) is 5.96. The number of carbonyl (C=O) groups is 1. The second kappa shape index (κ2) is 10.5. The summed E-state index contributed by atoms with van der Waals surface area (Å²) in [6.45, 7) is 3.48. The first-order valence-electron chi connectivity index (χ1n) is 12.9. The number of aromatic amines is 1. The molecule has 2 aromatic heterocycles. The van der Waals surface area contributed by atoms with E-state index in [-0.39, 0.29) is 17.6 Å². The Balaban J connectivity index is 0.000000892. The first-order chi connectivity index (χ1) is 18.0. The number of amides is 1. The molecule has 1 saturated carbocycles. The van der Waals surface area contributed by atoms with Gasteiger partial charge in [-0.25, -0.2) is 0 Å². The first-order valence-corrected chi connectivity index (χ1v) is 12.9. The molecule has 3 heterocycles. The van der Waals surface area contributed by atoms with Gasteiger partial charge >= 0.3 is 6.15 Å². The average molecular weight is 499 g/mol. The van der Waals surface area contributed by atoms with E-state index in [9.17, 15) is 9.59 Å². The number of nitrogens with zero attached hydrogens (tertiary/aromatic N) is 3. The quantitative estimate of drug-likeness (QED) is 0.439. The SMILES string of the molecule is Cc1cc2[nH]c(=O)c3cnn(C4CCCC4)c3c2cc1C(=O)N1CCC(c2ccccc2)CC1.O=C=O. The van der Waals surface area contributed by atoms with Crippen molar-refractivity contribution in [1.29, 1.82) is 0 Å². The highest BCUT2D eigenvalue weighted by Gasteiger charge is 2.27. The number of pyridine rings is 1. The molecule has 2 aliphatic rings. The van der Waals surface area contributed by atoms with Crippen molar-refractivity contribution in [2.24, 2.45) is 0 Å². The lowest BCUT2D eigenvalue weighted by Crippen LogP contribution is -2.38. The molecule has 1 N–H and O–H groups in total. The predicted octanol–water partition coefficient (Wildman–Crippen LogP) is 4.74. The molecule has 1 amide bonds. The summed E-state index contributed by atoms with van der Waals surface area (Å²) >= 11 is 0. The van der Waals surface area contributed by atoms with Crippen LogP contribution in [0.15, 0.2) is 53.5 Å². The van der Waals surface area contributed by atoms with Crippen LogP contribution in [0.4, 0.5) is 0 Å². The van der Waals surface area contributed by atoms with Gasteiger partial charge in [-0.15, -0.1) is 0 Å². The fourth-order valence-corrected chi connectivity index (χ4v) is 5.96. The molecule has 190 valence electrons. The van der Waals surface area contributed by atoms with Gasteiger partial charge < -0.3 is 9.88 Å². The highest BCUT2D eigenvalue weighted by molar-refractivity contribution is 6.07. The van der Waals surface area contributed by atoms with Crippen molar-refractivity contribution in [1.82, 2.24) is 19.7 Å². The van der Waals surface area contributed by atoms with Crippen molar-refractivity contribution in [3.05, 3.63) is 75.7 Å². The summed E-state index contributed by atoms with van der Waals surface area (Å²) < 4.78 is 2.04. The van der Waals surface area contributed by atoms with E-state index < -0.39 is 0 Å². The van der Waals surface area contributed by atoms with Crippen LogP contribution in [0.5, 0.6) is 0 Å². The second-order valence-corrected chi connectivity index (χ2v) is 10.0. The smallest absolute Gasteiger partial charge is 0.339 e. The van der Waals surface area contributed by atoms with E-state index in [1.807, 2.05) is 34.7 Å². The lowest BCUT2D eigenvalue weighted by molar-refractivity contribution is -0.191. The van der Waals surface area contributed by atoms with Gasteiger partial charge in [0.25, 0.3) is 11.5 Å². The molecule has 8 nitrogen and oxygen atoms in total. The maximum Gasteiger partial charge on any atom is 0.373 e. The summed E-state index contributed by atoms with van der Waals surface area (Å²) in [4.78, 5) is 47.6. The number of piperidine rings is 1. The Kier molecular flexibility index (Phi) is 7.01. The Morgan fingerprint density at radius 2 is 1.68 bits per heavy atom. The first kappa shape index (κ1) is 24.7. The van der Waals surface area contributed by atoms with E-state index in [1.54, 1.807) is 6.20 Å². The molecule has 1 aliphatic carbocycles. The maximum atomic E-state index is 13.6. The standard InChI is InChI=1S/C28H30N4O2.CO2/c1-18-15-25-23(26-24(27(33)30-25)17-29-32(26)21-9-5-6-10-21)16-22(18)28(34)31-13-11-20(12-14-31)19-7-3-2-4-8-19;2-1-3/h2-4,7-8,15-17,20-21H,5-6,9-14H2,1H3,(H,30,33);. The van der Waals surface area contributed by atoms with E-state index in [0.29, 0.717) is 17.3 Å². The molecule has 4 aromatic rings. The van der Waals surface area contributed by atoms with Gasteiger partial charge in [0.2, 0.25) is 0 Å². The number of hydrogen-bond acceptors (Lipinski definition) is 5. The molecule has 6 rings (SSSR count). The van der Waals surface area contributed by atoms with Crippen molar-refractivity contribution >= 4 is 33.9 Å². The summed E-state index contributed by atoms with van der Waals surface area (Å²) in [5.41, 5.74) is 4.50. The Hall–Kier alpha value is -4.03. The molecule has 0 unspecified atom stereocenters. The van der Waals surface area contributed by atoms with Crippen LogP contribution in [0.3, 0.4) is 0 Å². The van der Waals surface area contributed by atoms with Crippen LogP contribution in [0, 0.1) is 6.92 Å². The zero-order chi connectivity index (χ0) is 25.9. The van der Waals surface area contributed by atoms with Crippen LogP contribution in [-0.4, -0.2) is 44.8 Å². The number of fused-ring (bicyclic) bond motifs is 3. The van der Waals surface area contributed by atoms with E-state index in [4.69, 9.17) is 9.59 Å². The van der Waals surface area contributed by atoms with Crippen LogP contribution >= 0.6 is 0 Å². The lowest BCUT2D eigenvalue weighted by atomic mass is 9.89. The molecule has 0 atom stereocenters. The number of likely N-dealkylation sites (tertiary alicyclic amines) is 1. The van der Waals surface area contributed by atoms with E-state index in [2.05, 4.69) is 34.3 Å². The van der Waals surface area contributed by atoms with Crippen molar-refractivity contribution in [3.8, 4) is 0 Å². The molecular formula is C29H30N4O4. The zero-order valence-electron chi connectivity index (χ0n) is 20.9. The molecule has 0 radical (unpaired) electrons. The third-order valence-electron chi connectivity index (χ3n) is 7.86. The summed E-state index contributed by atoms with van der Waals surface area (Å²) in [5.74, 6) is 0.589. The van der Waals surface area contributed by atoms with Crippen molar-refractivity contribution in [3.63, 3.8) is 0 Å². The molecular weight excluding hydrogens is 468 g/mol. The number of benzene rings is 2. The monoisotopic (exact) mass is 498 g/mol. The minimum Gasteiger partial charge on any atom is -0.339 e. The van der Waals surface area contributed by atoms with Crippen molar-refractivity contribution in [2.45, 2.75) is 57.4 Å². The van der Waals surface area contributed by atoms with Crippen molar-refractivity contribution < 1.29 is 14.4 Å². The van der Waals surface area contributed by atoms with E-state index in [1.165, 1.54) is 18.4 Å². The Morgan fingerprint density at radius 3 is 2.35 bits per heavy atom. The summed E-state index contributed by atoms with van der Waals surface area (Å²) in [7, 11) is 0. The highest BCUT2D eigenvalue weighted by atomic mass is 16.2. The Bertz CT molecular complexity index is 1520. The van der Waals surface area contributed by atoms with Gasteiger partial charge in [0.05, 0.1) is 28.7 Å². The maximum absolute atomic E-state index is 13.6. The van der Waals surface area contributed by atoms with Gasteiger partial charge in [-0.05, 0) is 61.8 Å². The number of aryl methyl sites for hydroxylation is 1. The van der Waals surface area contributed by atoms with E-state index >= 15 is 0 Å². The minimum atomic E-state index is -0.117. The van der Waals surface area contributed by atoms with Gasteiger partial charge in [0.15, 0.2) is 0 Å². The number of H-pyrrole nitrogens is 1. The largest absolute Gasteiger partial charge is 0.373 e. The molecule has 2 aromatic carbocycles. The van der Waals surface area contributed by atoms with Gasteiger partial charge in [0.1, 0.15) is 0 Å². The average Bonchev–Trinajstić information content (AvgIpc) is 3.60. The molecule has 2 fully saturated rings. The predicted molar refractivity (Wildman–Crippen MR) is 139 cm³/mol. The lowest BCUT2D eigenvalue weighted by Gasteiger charge is -2.32. The summed E-state index contributed by atoms with van der Waals surface area (Å²) in [5, 5.41) is 6.13. The number of nitrogens with one attached hydrogen (secondary N) is 1. The second-order valence-electron chi connectivity index (χ2n) is 10.0. The zero-order valence-corrected chi connectivity index (χ0v) is 20.9. The summed E-state index contributed by atoms with van der Waals surface area (Å²) in [6, 6.07) is 14.9. The molecule has 0 bridgehead atoms. The third-order valence-corrected chi connectivity index (χ3v) is 7.86. The van der Waals surface area contributed by atoms with Gasteiger partial charge in [-0.3, -0.25) is 14.3 Å². The number of aromatic nitrogens is 3. The molecule has 0 spiro atoms. The van der Waals surface area contributed by atoms with Gasteiger partial charge in [-0.1, -0.05) is 43.2 Å². The highest BCUT2D eigenvalue weighted by Crippen LogP contribution is 2.34. The van der Waals surface area contributed by atoms with Crippen LogP contribution < -0.4 is 5.56 Å². The van der Waals surface area contributed by atoms with E-state index in [0.717, 1.165) is 66.3 Å². The number of rotatable bonds is 3. The minimum absolute atomic E-state index is 0.0807. The number of carbonyl (C=O) groups excluding carboxylic acids is 3. The fraction of sp³-hybridized carbons (Fsp3) is 0.379. The molecule has 37 heavy (non-hydrogen) atoms. The van der Waals surface area contributed by atoms with Crippen LogP contribution in [0.2, 0.25) is 0 Å². The Morgan fingerprint density at radius 1 is 1.00 bits per heavy atom. The van der Waals surface area contributed by atoms with Gasteiger partial charge in [0, 0.05) is 24.0 Å². The third kappa shape index (κ3) is 4.72. The Labute approximate surface area is 214 Å². The van der Waals surface area contributed by atoms with Crippen LogP contribution in [0.25, 0.3) is 21.8 Å². The van der Waals surface area contributed by atoms with Crippen LogP contribution in [0.1, 0.15) is 72.0 Å². The topological polar surface area (TPSA) is 105 Å². The van der Waals surface area contributed by atoms with Crippen molar-refractivity contribution in [2.75, 3.05) is 13.1 Å². The summed E-state index contributed by atoms with van der Waals surface area (Å²) in [6.07, 6.45) is 8.44. The number of hydrogen-bond donors (Lipinski definition) is 1. The molecule has 1 saturated heterocycles. The molecule has 8 heteroatoms. The molecule has 1 aliphatic heterocycles.